The molecule has 0 spiro atoms. The zero-order valence-electron chi connectivity index (χ0n) is 21.7. The Hall–Kier alpha value is -2.31. The second-order valence-electron chi connectivity index (χ2n) is 12.1. The van der Waals surface area contributed by atoms with Gasteiger partial charge in [0.2, 0.25) is 11.8 Å². The number of halogens is 3. The molecule has 2 amide bonds. The highest BCUT2D eigenvalue weighted by Gasteiger charge is 2.61. The van der Waals surface area contributed by atoms with Gasteiger partial charge in [0, 0.05) is 37.0 Å². The maximum Gasteiger partial charge on any atom is 0.416 e. The average molecular weight is 503 g/mol. The SMILES string of the molecule is CC1=C2N(C)C(=O)CC[C@]2(C)C2CC[C@]3(C)[C@@H](C(=O)NCc4ccccc4C(F)(F)F)CC[C@H]3C2C1. The fraction of sp³-hybridized carbons (Fsp3) is 0.655. The Morgan fingerprint density at radius 2 is 1.83 bits per heavy atom. The molecule has 5 rings (SSSR count). The number of piperidine rings is 1. The van der Waals surface area contributed by atoms with Crippen molar-refractivity contribution < 1.29 is 22.8 Å². The molecule has 2 unspecified atom stereocenters. The van der Waals surface area contributed by atoms with Crippen molar-refractivity contribution in [2.75, 3.05) is 7.05 Å². The lowest BCUT2D eigenvalue weighted by molar-refractivity contribution is -0.139. The molecule has 1 N–H and O–H groups in total. The Balaban J connectivity index is 1.35. The summed E-state index contributed by atoms with van der Waals surface area (Å²) in [5, 5.41) is 2.86. The van der Waals surface area contributed by atoms with Crippen LogP contribution in [0.25, 0.3) is 0 Å². The molecule has 1 aromatic carbocycles. The largest absolute Gasteiger partial charge is 0.416 e. The van der Waals surface area contributed by atoms with Gasteiger partial charge in [-0.3, -0.25) is 9.59 Å². The number of carbonyl (C=O) groups is 2. The topological polar surface area (TPSA) is 49.4 Å². The van der Waals surface area contributed by atoms with E-state index in [1.807, 2.05) is 11.9 Å². The third-order valence-electron chi connectivity index (χ3n) is 10.4. The van der Waals surface area contributed by atoms with E-state index in [1.165, 1.54) is 23.4 Å². The first kappa shape index (κ1) is 25.3. The summed E-state index contributed by atoms with van der Waals surface area (Å²) in [5.41, 5.74) is 1.77. The Kier molecular flexibility index (Phi) is 6.07. The number of benzene rings is 1. The normalized spacial score (nSPS) is 36.3. The fourth-order valence-electron chi connectivity index (χ4n) is 8.80. The van der Waals surface area contributed by atoms with Crippen LogP contribution in [0.1, 0.15) is 76.8 Å². The van der Waals surface area contributed by atoms with Crippen molar-refractivity contribution in [3.8, 4) is 0 Å². The molecule has 0 bridgehead atoms. The molecule has 2 saturated carbocycles. The number of carbonyl (C=O) groups excluding carboxylic acids is 2. The average Bonchev–Trinajstić information content (AvgIpc) is 3.17. The zero-order chi connectivity index (χ0) is 26.0. The maximum atomic E-state index is 13.4. The number of fused-ring (bicyclic) bond motifs is 5. The van der Waals surface area contributed by atoms with Crippen molar-refractivity contribution in [2.45, 2.75) is 78.4 Å². The molecule has 1 aromatic rings. The van der Waals surface area contributed by atoms with Gasteiger partial charge in [-0.25, -0.2) is 0 Å². The van der Waals surface area contributed by atoms with Gasteiger partial charge in [-0.1, -0.05) is 37.6 Å². The van der Waals surface area contributed by atoms with Crippen LogP contribution in [0.4, 0.5) is 13.2 Å². The zero-order valence-corrected chi connectivity index (χ0v) is 21.7. The summed E-state index contributed by atoms with van der Waals surface area (Å²) in [6, 6.07) is 5.46. The summed E-state index contributed by atoms with van der Waals surface area (Å²) in [5.74, 6) is 1.27. The van der Waals surface area contributed by atoms with Crippen LogP contribution in [-0.4, -0.2) is 23.8 Å². The number of nitrogens with one attached hydrogen (secondary N) is 1. The molecular weight excluding hydrogens is 465 g/mol. The van der Waals surface area contributed by atoms with E-state index >= 15 is 0 Å². The minimum Gasteiger partial charge on any atom is -0.352 e. The van der Waals surface area contributed by atoms with Crippen LogP contribution in [0.15, 0.2) is 35.5 Å². The molecule has 0 radical (unpaired) electrons. The van der Waals surface area contributed by atoms with Gasteiger partial charge in [0.15, 0.2) is 0 Å². The molecule has 1 saturated heterocycles. The highest BCUT2D eigenvalue weighted by molar-refractivity contribution is 5.80. The summed E-state index contributed by atoms with van der Waals surface area (Å²) < 4.78 is 40.2. The number of rotatable bonds is 3. The molecule has 0 aromatic heterocycles. The van der Waals surface area contributed by atoms with Crippen molar-refractivity contribution >= 4 is 11.8 Å². The Morgan fingerprint density at radius 3 is 2.56 bits per heavy atom. The van der Waals surface area contributed by atoms with Crippen LogP contribution in [0.5, 0.6) is 0 Å². The van der Waals surface area contributed by atoms with Gasteiger partial charge in [-0.05, 0) is 80.2 Å². The van der Waals surface area contributed by atoms with Gasteiger partial charge in [0.05, 0.1) is 5.56 Å². The molecule has 36 heavy (non-hydrogen) atoms. The molecule has 4 nitrogen and oxygen atoms in total. The van der Waals surface area contributed by atoms with E-state index in [4.69, 9.17) is 0 Å². The van der Waals surface area contributed by atoms with Gasteiger partial charge in [0.25, 0.3) is 0 Å². The molecule has 3 aliphatic carbocycles. The lowest BCUT2D eigenvalue weighted by Crippen LogP contribution is -2.55. The van der Waals surface area contributed by atoms with Crippen molar-refractivity contribution in [1.29, 1.82) is 0 Å². The summed E-state index contributed by atoms with van der Waals surface area (Å²) in [6.07, 6.45) is 1.70. The molecule has 196 valence electrons. The van der Waals surface area contributed by atoms with Gasteiger partial charge in [-0.15, -0.1) is 0 Å². The van der Waals surface area contributed by atoms with E-state index in [-0.39, 0.29) is 40.7 Å². The number of alkyl halides is 3. The van der Waals surface area contributed by atoms with E-state index in [2.05, 4.69) is 26.1 Å². The first-order valence-corrected chi connectivity index (χ1v) is 13.3. The molecule has 7 heteroatoms. The molecular formula is C29H37F3N2O2. The molecule has 3 fully saturated rings. The van der Waals surface area contributed by atoms with E-state index in [0.29, 0.717) is 24.2 Å². The number of hydrogen-bond acceptors (Lipinski definition) is 2. The Bertz CT molecular complexity index is 1110. The van der Waals surface area contributed by atoms with Crippen LogP contribution in [-0.2, 0) is 22.3 Å². The van der Waals surface area contributed by atoms with E-state index in [9.17, 15) is 22.8 Å². The Morgan fingerprint density at radius 1 is 1.11 bits per heavy atom. The predicted molar refractivity (Wildman–Crippen MR) is 131 cm³/mol. The third kappa shape index (κ3) is 3.79. The van der Waals surface area contributed by atoms with Crippen LogP contribution in [0, 0.1) is 34.5 Å². The van der Waals surface area contributed by atoms with Gasteiger partial charge in [-0.2, -0.15) is 13.2 Å². The summed E-state index contributed by atoms with van der Waals surface area (Å²) in [4.78, 5) is 27.8. The highest BCUT2D eigenvalue weighted by Crippen LogP contribution is 2.66. The maximum absolute atomic E-state index is 13.4. The summed E-state index contributed by atoms with van der Waals surface area (Å²) >= 11 is 0. The second kappa shape index (κ2) is 8.63. The van der Waals surface area contributed by atoms with E-state index in [1.54, 1.807) is 6.07 Å². The van der Waals surface area contributed by atoms with Gasteiger partial charge in [0.1, 0.15) is 0 Å². The predicted octanol–water partition coefficient (Wildman–Crippen LogP) is 6.32. The molecule has 1 aliphatic heterocycles. The lowest BCUT2D eigenvalue weighted by atomic mass is 9.48. The first-order chi connectivity index (χ1) is 16.9. The van der Waals surface area contributed by atoms with Crippen LogP contribution in [0.2, 0.25) is 0 Å². The quantitative estimate of drug-likeness (QED) is 0.526. The van der Waals surface area contributed by atoms with Crippen LogP contribution in [0.3, 0.4) is 0 Å². The monoisotopic (exact) mass is 502 g/mol. The first-order valence-electron chi connectivity index (χ1n) is 13.3. The minimum atomic E-state index is -4.44. The highest BCUT2D eigenvalue weighted by atomic mass is 19.4. The summed E-state index contributed by atoms with van der Waals surface area (Å²) in [7, 11) is 1.92. The lowest BCUT2D eigenvalue weighted by Gasteiger charge is -2.59. The van der Waals surface area contributed by atoms with Crippen molar-refractivity contribution in [3.05, 3.63) is 46.7 Å². The molecule has 4 aliphatic rings. The van der Waals surface area contributed by atoms with Gasteiger partial charge < -0.3 is 10.2 Å². The standard InChI is InChI=1S/C29H37F3N2O2/c1-17-15-19-21-9-10-23(26(36)33-16-18-7-5-6-8-20(18)29(30,31)32)27(21,2)13-11-22(19)28(3)14-12-24(35)34(4)25(17)28/h5-8,19,21-23H,9-16H2,1-4H3,(H,33,36)/t19?,21-,22?,23+,27-,28+/m0/s1. The molecule has 6 atom stereocenters. The number of allylic oxidation sites excluding steroid dienone is 2. The molecule has 1 heterocycles. The van der Waals surface area contributed by atoms with E-state index < -0.39 is 11.7 Å². The minimum absolute atomic E-state index is 0.0152. The smallest absolute Gasteiger partial charge is 0.352 e. The second-order valence-corrected chi connectivity index (χ2v) is 12.1. The van der Waals surface area contributed by atoms with Crippen LogP contribution >= 0.6 is 0 Å². The summed E-state index contributed by atoms with van der Waals surface area (Å²) in [6.45, 7) is 6.64. The van der Waals surface area contributed by atoms with Gasteiger partial charge >= 0.3 is 6.18 Å². The number of hydrogen-bond donors (Lipinski definition) is 1. The van der Waals surface area contributed by atoms with Crippen molar-refractivity contribution in [1.82, 2.24) is 10.2 Å². The third-order valence-corrected chi connectivity index (χ3v) is 10.4. The van der Waals surface area contributed by atoms with Crippen molar-refractivity contribution in [3.63, 3.8) is 0 Å². The van der Waals surface area contributed by atoms with Crippen LogP contribution < -0.4 is 5.32 Å². The number of nitrogens with zero attached hydrogens (tertiary/aromatic N) is 1. The van der Waals surface area contributed by atoms with Crippen molar-refractivity contribution in [2.24, 2.45) is 34.5 Å². The Labute approximate surface area is 211 Å². The number of likely N-dealkylation sites (tertiary alicyclic amines) is 1. The van der Waals surface area contributed by atoms with E-state index in [0.717, 1.165) is 44.6 Å². The fourth-order valence-corrected chi connectivity index (χ4v) is 8.80. The number of amides is 2.